The van der Waals surface area contributed by atoms with Crippen LogP contribution in [0.1, 0.15) is 6.42 Å². The van der Waals surface area contributed by atoms with Crippen molar-refractivity contribution in [2.75, 3.05) is 0 Å². The Balaban J connectivity index is 2.47. The summed E-state index contributed by atoms with van der Waals surface area (Å²) >= 11 is 0. The molecule has 0 aromatic rings. The van der Waals surface area contributed by atoms with Crippen LogP contribution in [0.2, 0.25) is 0 Å². The summed E-state index contributed by atoms with van der Waals surface area (Å²) in [5.74, 6) is 0. The van der Waals surface area contributed by atoms with Gasteiger partial charge in [-0.3, -0.25) is 0 Å². The molecule has 0 spiro atoms. The first kappa shape index (κ1) is 8.40. The zero-order valence-corrected chi connectivity index (χ0v) is 7.58. The topological polar surface area (TPSA) is 72.5 Å². The Hall–Kier alpha value is -1.20. The van der Waals surface area contributed by atoms with Gasteiger partial charge >= 0.3 is 0 Å². The predicted octanol–water partition coefficient (Wildman–Crippen LogP) is 0.457. The van der Waals surface area contributed by atoms with Gasteiger partial charge in [-0.05, 0) is 11.6 Å². The van der Waals surface area contributed by atoms with Gasteiger partial charge in [0.2, 0.25) is 0 Å². The molecule has 4 nitrogen and oxygen atoms in total. The first-order chi connectivity index (χ1) is 6.07. The normalized spacial score (nSPS) is 20.5. The Bertz CT molecular complexity index is 466. The molecule has 0 radical (unpaired) electrons. The van der Waals surface area contributed by atoms with Crippen LogP contribution in [0.15, 0.2) is 39.9 Å². The summed E-state index contributed by atoms with van der Waals surface area (Å²) in [6.07, 6.45) is 7.77. The van der Waals surface area contributed by atoms with Crippen molar-refractivity contribution in [3.8, 4) is 0 Å². The van der Waals surface area contributed by atoms with Crippen LogP contribution < -0.4 is 5.14 Å². The van der Waals surface area contributed by atoms with E-state index in [1.54, 1.807) is 0 Å². The van der Waals surface area contributed by atoms with Crippen LogP contribution >= 0.6 is 0 Å². The summed E-state index contributed by atoms with van der Waals surface area (Å²) in [6, 6.07) is 0. The number of nitrogens with two attached hydrogens (primary N) is 1. The predicted molar refractivity (Wildman–Crippen MR) is 50.5 cm³/mol. The Labute approximate surface area is 76.2 Å². The molecule has 1 aliphatic carbocycles. The number of primary sulfonamides is 1. The van der Waals surface area contributed by atoms with Crippen LogP contribution in [0, 0.1) is 0 Å². The molecule has 68 valence electrons. The van der Waals surface area contributed by atoms with Crippen molar-refractivity contribution in [2.24, 2.45) is 10.1 Å². The highest BCUT2D eigenvalue weighted by Gasteiger charge is 2.21. The summed E-state index contributed by atoms with van der Waals surface area (Å²) in [5.41, 5.74) is 1.61. The summed E-state index contributed by atoms with van der Waals surface area (Å²) < 4.78 is 21.9. The average Bonchev–Trinajstić information content (AvgIpc) is 2.45. The quantitative estimate of drug-likeness (QED) is 0.661. The first-order valence-electron chi connectivity index (χ1n) is 3.76. The third-order valence-electron chi connectivity index (χ3n) is 1.87. The lowest BCUT2D eigenvalue weighted by atomic mass is 10.0. The third kappa shape index (κ3) is 1.48. The molecule has 2 N–H and O–H groups in total. The summed E-state index contributed by atoms with van der Waals surface area (Å²) in [5, 5.41) is 4.90. The average molecular weight is 196 g/mol. The maximum absolute atomic E-state index is 10.9. The highest BCUT2D eigenvalue weighted by atomic mass is 32.2. The van der Waals surface area contributed by atoms with Crippen molar-refractivity contribution in [3.05, 3.63) is 34.9 Å². The number of fused-ring (bicyclic) bond motifs is 1. The molecule has 0 fully saturated rings. The molecule has 0 saturated heterocycles. The Morgan fingerprint density at radius 1 is 1.46 bits per heavy atom. The van der Waals surface area contributed by atoms with E-state index in [0.29, 0.717) is 6.42 Å². The summed E-state index contributed by atoms with van der Waals surface area (Å²) in [4.78, 5) is 3.93. The molecule has 0 aromatic carbocycles. The number of hydrogen-bond donors (Lipinski definition) is 1. The minimum Gasteiger partial charge on any atom is -0.239 e. The molecular weight excluding hydrogens is 188 g/mol. The molecule has 1 heterocycles. The number of nitrogens with zero attached hydrogens (tertiary/aromatic N) is 1. The van der Waals surface area contributed by atoms with Crippen molar-refractivity contribution in [1.82, 2.24) is 0 Å². The molecule has 0 bridgehead atoms. The number of sulfonamides is 1. The maximum Gasteiger partial charge on any atom is 0.255 e. The van der Waals surface area contributed by atoms with Crippen molar-refractivity contribution in [2.45, 2.75) is 6.42 Å². The molecule has 2 aliphatic rings. The molecular formula is C8H8N2O2S. The van der Waals surface area contributed by atoms with E-state index in [9.17, 15) is 8.42 Å². The third-order valence-corrected chi connectivity index (χ3v) is 2.66. The second-order valence-electron chi connectivity index (χ2n) is 2.84. The Morgan fingerprint density at radius 3 is 2.85 bits per heavy atom. The number of hydrogen-bond acceptors (Lipinski definition) is 3. The van der Waals surface area contributed by atoms with Gasteiger partial charge in [-0.25, -0.2) is 18.5 Å². The lowest BCUT2D eigenvalue weighted by Crippen LogP contribution is -2.12. The molecule has 0 amide bonds. The van der Waals surface area contributed by atoms with Gasteiger partial charge in [0.05, 0.1) is 5.71 Å². The van der Waals surface area contributed by atoms with E-state index in [2.05, 4.69) is 4.99 Å². The monoisotopic (exact) mass is 196 g/mol. The standard InChI is InChI=1S/C8H8N2O2S/c9-13(11,12)8-5-6-3-1-2-4-7(6)10-8/h1-3,5H,4H2,(H2,9,11,12). The molecule has 5 heteroatoms. The second kappa shape index (κ2) is 2.65. The fourth-order valence-electron chi connectivity index (χ4n) is 1.25. The number of allylic oxidation sites excluding steroid dienone is 5. The zero-order valence-electron chi connectivity index (χ0n) is 6.77. The second-order valence-corrected chi connectivity index (χ2v) is 4.35. The number of rotatable bonds is 1. The van der Waals surface area contributed by atoms with Gasteiger partial charge in [-0.2, -0.15) is 0 Å². The van der Waals surface area contributed by atoms with Gasteiger partial charge < -0.3 is 0 Å². The van der Waals surface area contributed by atoms with Gasteiger partial charge in [-0.15, -0.1) is 0 Å². The molecule has 0 atom stereocenters. The van der Waals surface area contributed by atoms with Crippen molar-refractivity contribution in [3.63, 3.8) is 0 Å². The van der Waals surface area contributed by atoms with Crippen LogP contribution in [-0.4, -0.2) is 14.1 Å². The maximum atomic E-state index is 10.9. The minimum absolute atomic E-state index is 0.0440. The summed E-state index contributed by atoms with van der Waals surface area (Å²) in [7, 11) is -3.66. The number of aliphatic imine (C=N–C) groups is 1. The highest BCUT2D eigenvalue weighted by molar-refractivity contribution is 7.93. The van der Waals surface area contributed by atoms with E-state index in [-0.39, 0.29) is 5.03 Å². The first-order valence-corrected chi connectivity index (χ1v) is 5.31. The lowest BCUT2D eigenvalue weighted by molar-refractivity contribution is 0.603. The van der Waals surface area contributed by atoms with Gasteiger partial charge in [0.25, 0.3) is 10.0 Å². The van der Waals surface area contributed by atoms with Crippen molar-refractivity contribution >= 4 is 15.7 Å². The highest BCUT2D eigenvalue weighted by Crippen LogP contribution is 2.23. The fraction of sp³-hybridized carbons (Fsp3) is 0.125. The fourth-order valence-corrected chi connectivity index (χ4v) is 1.78. The zero-order chi connectivity index (χ0) is 9.47. The SMILES string of the molecule is NS(=O)(=O)C1=CC2=CC=CCC2=N1. The minimum atomic E-state index is -3.66. The van der Waals surface area contributed by atoms with E-state index in [1.165, 1.54) is 6.08 Å². The molecule has 1 aliphatic heterocycles. The van der Waals surface area contributed by atoms with Crippen LogP contribution in [0.3, 0.4) is 0 Å². The van der Waals surface area contributed by atoms with Crippen molar-refractivity contribution < 1.29 is 8.42 Å². The van der Waals surface area contributed by atoms with Gasteiger partial charge in [0, 0.05) is 6.42 Å². The van der Waals surface area contributed by atoms with E-state index in [0.717, 1.165) is 11.3 Å². The Kier molecular flexibility index (Phi) is 1.71. The molecule has 2 rings (SSSR count). The molecule has 13 heavy (non-hydrogen) atoms. The smallest absolute Gasteiger partial charge is 0.239 e. The molecule has 0 saturated carbocycles. The van der Waals surface area contributed by atoms with Gasteiger partial charge in [-0.1, -0.05) is 18.2 Å². The van der Waals surface area contributed by atoms with Crippen LogP contribution in [0.4, 0.5) is 0 Å². The molecule has 0 aromatic heterocycles. The van der Waals surface area contributed by atoms with Crippen LogP contribution in [0.5, 0.6) is 0 Å². The van der Waals surface area contributed by atoms with Gasteiger partial charge in [0.15, 0.2) is 5.03 Å². The Morgan fingerprint density at radius 2 is 2.23 bits per heavy atom. The van der Waals surface area contributed by atoms with Gasteiger partial charge in [0.1, 0.15) is 0 Å². The summed E-state index contributed by atoms with van der Waals surface area (Å²) in [6.45, 7) is 0. The van der Waals surface area contributed by atoms with Crippen molar-refractivity contribution in [1.29, 1.82) is 0 Å². The van der Waals surface area contributed by atoms with Crippen LogP contribution in [0.25, 0.3) is 0 Å². The van der Waals surface area contributed by atoms with Crippen LogP contribution in [-0.2, 0) is 10.0 Å². The van der Waals surface area contributed by atoms with E-state index >= 15 is 0 Å². The molecule has 0 unspecified atom stereocenters. The lowest BCUT2D eigenvalue weighted by Gasteiger charge is -2.00. The van der Waals surface area contributed by atoms with E-state index < -0.39 is 10.0 Å². The van der Waals surface area contributed by atoms with E-state index in [4.69, 9.17) is 5.14 Å². The van der Waals surface area contributed by atoms with E-state index in [1.807, 2.05) is 18.2 Å². The largest absolute Gasteiger partial charge is 0.255 e.